The summed E-state index contributed by atoms with van der Waals surface area (Å²) in [6.07, 6.45) is 0. The van der Waals surface area contributed by atoms with Crippen LogP contribution in [0.15, 0.2) is 0 Å². The molecule has 5 N–H and O–H groups in total. The van der Waals surface area contributed by atoms with Gasteiger partial charge in [-0.1, -0.05) is 0 Å². The van der Waals surface area contributed by atoms with Crippen LogP contribution in [0.2, 0.25) is 0 Å². The van der Waals surface area contributed by atoms with Gasteiger partial charge in [-0.15, -0.1) is 0 Å². The monoisotopic (exact) mass is 156 g/mol. The van der Waals surface area contributed by atoms with Gasteiger partial charge in [-0.05, 0) is 0 Å². The van der Waals surface area contributed by atoms with E-state index in [0.717, 1.165) is 0 Å². The fraction of sp³-hybridized carbons (Fsp3) is 0. The molecule has 0 atom stereocenters. The second-order valence-electron chi connectivity index (χ2n) is 0.513. The van der Waals surface area contributed by atoms with E-state index in [9.17, 15) is 0 Å². The van der Waals surface area contributed by atoms with Crippen molar-refractivity contribution in [3.63, 3.8) is 0 Å². The molecule has 0 rings (SSSR count). The summed E-state index contributed by atoms with van der Waals surface area (Å²) < 4.78 is 8.88. The van der Waals surface area contributed by atoms with Crippen molar-refractivity contribution >= 4 is 7.82 Å². The minimum absolute atomic E-state index is 0. The van der Waals surface area contributed by atoms with Crippen LogP contribution in [0.5, 0.6) is 0 Å². The van der Waals surface area contributed by atoms with E-state index in [2.05, 4.69) is 0 Å². The van der Waals surface area contributed by atoms with Crippen molar-refractivity contribution in [1.82, 2.24) is 0 Å². The minimum Gasteiger partial charge on any atom is -1.00 e. The molecule has 0 fully saturated rings. The Morgan fingerprint density at radius 1 is 1.12 bits per heavy atom. The minimum atomic E-state index is -4.64. The van der Waals surface area contributed by atoms with Crippen LogP contribution >= 0.6 is 7.82 Å². The first-order valence-corrected chi connectivity index (χ1v) is 2.55. The molecule has 0 unspecified atom stereocenters. The van der Waals surface area contributed by atoms with E-state index in [1.807, 2.05) is 0 Å². The summed E-state index contributed by atoms with van der Waals surface area (Å²) in [5.74, 6) is 0. The third-order valence-electron chi connectivity index (χ3n) is 0. The standard InChI is InChI=1S/Na.H3O4P.H2O2.H/c;1-5(2,3)4;1-2;/h;(H3,1,2,3,4);1-2H;/q+1;;;-1. The molecular formula is H6NaO6P. The van der Waals surface area contributed by atoms with Gasteiger partial charge >= 0.3 is 37.4 Å². The molecule has 6 nitrogen and oxygen atoms in total. The summed E-state index contributed by atoms with van der Waals surface area (Å²) in [4.78, 5) is 21.6. The zero-order valence-corrected chi connectivity index (χ0v) is 6.99. The zero-order valence-electron chi connectivity index (χ0n) is 5.09. The molecule has 0 aliphatic heterocycles. The number of rotatable bonds is 0. The van der Waals surface area contributed by atoms with Crippen LogP contribution in [-0.4, -0.2) is 25.2 Å². The summed E-state index contributed by atoms with van der Waals surface area (Å²) in [6, 6.07) is 0. The molecule has 0 aliphatic carbocycles. The first-order valence-electron chi connectivity index (χ1n) is 0.983. The third-order valence-corrected chi connectivity index (χ3v) is 0. The maximum Gasteiger partial charge on any atom is 1.00 e. The zero-order chi connectivity index (χ0) is 6.50. The molecular weight excluding hydrogens is 150 g/mol. The molecule has 0 radical (unpaired) electrons. The van der Waals surface area contributed by atoms with Gasteiger partial charge in [0.2, 0.25) is 0 Å². The molecule has 0 bridgehead atoms. The summed E-state index contributed by atoms with van der Waals surface area (Å²) >= 11 is 0. The second kappa shape index (κ2) is 8.03. The van der Waals surface area contributed by atoms with Crippen LogP contribution in [0.3, 0.4) is 0 Å². The number of hydrogen-bond donors (Lipinski definition) is 5. The van der Waals surface area contributed by atoms with E-state index in [1.165, 1.54) is 0 Å². The largest absolute Gasteiger partial charge is 1.00 e. The van der Waals surface area contributed by atoms with Gasteiger partial charge in [-0.3, -0.25) is 10.5 Å². The quantitative estimate of drug-likeness (QED) is 0.106. The summed E-state index contributed by atoms with van der Waals surface area (Å²) in [5.41, 5.74) is 0. The van der Waals surface area contributed by atoms with Gasteiger partial charge < -0.3 is 16.1 Å². The van der Waals surface area contributed by atoms with Crippen LogP contribution in [0.4, 0.5) is 0 Å². The maximum absolute atomic E-state index is 8.88. The van der Waals surface area contributed by atoms with E-state index in [1.54, 1.807) is 0 Å². The van der Waals surface area contributed by atoms with Crippen LogP contribution in [0.25, 0.3) is 0 Å². The fourth-order valence-corrected chi connectivity index (χ4v) is 0. The normalized spacial score (nSPS) is 8.12. The van der Waals surface area contributed by atoms with E-state index in [4.69, 9.17) is 29.8 Å². The fourth-order valence-electron chi connectivity index (χ4n) is 0. The molecule has 0 saturated heterocycles. The Bertz CT molecular complexity index is 59.2. The third kappa shape index (κ3) is 241. The number of hydrogen-bond acceptors (Lipinski definition) is 3. The average Bonchev–Trinajstić information content (AvgIpc) is 1.36. The molecule has 0 heterocycles. The van der Waals surface area contributed by atoms with Crippen molar-refractivity contribution < 1.29 is 60.7 Å². The Morgan fingerprint density at radius 2 is 1.12 bits per heavy atom. The molecule has 0 amide bonds. The van der Waals surface area contributed by atoms with Gasteiger partial charge in [0.25, 0.3) is 0 Å². The molecule has 8 heavy (non-hydrogen) atoms. The van der Waals surface area contributed by atoms with E-state index < -0.39 is 7.82 Å². The molecule has 48 valence electrons. The Kier molecular flexibility index (Phi) is 16.1. The van der Waals surface area contributed by atoms with Gasteiger partial charge in [-0.2, -0.15) is 0 Å². The van der Waals surface area contributed by atoms with E-state index in [-0.39, 0.29) is 31.0 Å². The second-order valence-corrected chi connectivity index (χ2v) is 1.54. The Labute approximate surface area is 68.7 Å². The Hall–Kier alpha value is 1.03. The van der Waals surface area contributed by atoms with Crippen molar-refractivity contribution in [1.29, 1.82) is 0 Å². The predicted molar refractivity (Wildman–Crippen MR) is 20.6 cm³/mol. The molecule has 0 aromatic carbocycles. The van der Waals surface area contributed by atoms with Gasteiger partial charge in [0.15, 0.2) is 0 Å². The SMILES string of the molecule is O=P(O)(O)O.OO.[H-].[Na+]. The van der Waals surface area contributed by atoms with Crippen LogP contribution in [-0.2, 0) is 4.57 Å². The van der Waals surface area contributed by atoms with E-state index in [0.29, 0.717) is 0 Å². The van der Waals surface area contributed by atoms with Gasteiger partial charge in [-0.25, -0.2) is 4.57 Å². The van der Waals surface area contributed by atoms with Crippen molar-refractivity contribution in [2.45, 2.75) is 0 Å². The first-order chi connectivity index (χ1) is 3.00. The summed E-state index contributed by atoms with van der Waals surface area (Å²) in [6.45, 7) is 0. The van der Waals surface area contributed by atoms with Crippen molar-refractivity contribution in [2.24, 2.45) is 0 Å². The summed E-state index contributed by atoms with van der Waals surface area (Å²) in [7, 11) is -4.64. The van der Waals surface area contributed by atoms with Crippen LogP contribution in [0.1, 0.15) is 1.43 Å². The summed E-state index contributed by atoms with van der Waals surface area (Å²) in [5, 5.41) is 12.0. The van der Waals surface area contributed by atoms with E-state index >= 15 is 0 Å². The van der Waals surface area contributed by atoms with Crippen molar-refractivity contribution in [2.75, 3.05) is 0 Å². The van der Waals surface area contributed by atoms with Gasteiger partial charge in [0.1, 0.15) is 0 Å². The molecule has 8 heteroatoms. The molecule has 0 aromatic rings. The van der Waals surface area contributed by atoms with Crippen LogP contribution in [0, 0.1) is 0 Å². The Balaban J connectivity index is -0.0000000286. The topological polar surface area (TPSA) is 118 Å². The molecule has 0 saturated carbocycles. The molecule has 0 spiro atoms. The first kappa shape index (κ1) is 16.0. The Morgan fingerprint density at radius 3 is 1.12 bits per heavy atom. The van der Waals surface area contributed by atoms with Crippen molar-refractivity contribution in [3.05, 3.63) is 0 Å². The predicted octanol–water partition coefficient (Wildman–Crippen LogP) is -3.79. The van der Waals surface area contributed by atoms with Crippen molar-refractivity contribution in [3.8, 4) is 0 Å². The number of phosphoric acid groups is 1. The average molecular weight is 156 g/mol. The van der Waals surface area contributed by atoms with Gasteiger partial charge in [0, 0.05) is 0 Å². The van der Waals surface area contributed by atoms with Crippen LogP contribution < -0.4 is 29.6 Å². The molecule has 0 aliphatic rings. The smallest absolute Gasteiger partial charge is 1.00 e. The maximum atomic E-state index is 8.88. The van der Waals surface area contributed by atoms with Gasteiger partial charge in [0.05, 0.1) is 0 Å². The molecule has 0 aromatic heterocycles.